The Hall–Kier alpha value is -3.91. The first-order chi connectivity index (χ1) is 16.1. The number of nitrogens with two attached hydrogens (primary N) is 1. The Morgan fingerprint density at radius 3 is 2.59 bits per heavy atom. The van der Waals surface area contributed by atoms with Crippen LogP contribution in [0.3, 0.4) is 0 Å². The van der Waals surface area contributed by atoms with Crippen LogP contribution < -0.4 is 21.3 Å². The number of nitrogen functional groups attached to an aromatic ring is 1. The SMILES string of the molecule is C[C@@H]1C[C@]1(C)c1ccc2c(c1)O[C@]1(O)c3cccc(N)c3C(=O)[C@]21NC(=O)c1cccc(=O)[nH]1. The van der Waals surface area contributed by atoms with Gasteiger partial charge in [-0.1, -0.05) is 44.2 Å². The maximum Gasteiger partial charge on any atom is 0.271 e. The molecule has 2 aliphatic carbocycles. The van der Waals surface area contributed by atoms with Crippen molar-refractivity contribution in [2.24, 2.45) is 5.92 Å². The average molecular weight is 457 g/mol. The molecule has 1 aliphatic heterocycles. The quantitative estimate of drug-likeness (QED) is 0.446. The molecule has 1 saturated carbocycles. The van der Waals surface area contributed by atoms with Gasteiger partial charge in [-0.3, -0.25) is 14.4 Å². The summed E-state index contributed by atoms with van der Waals surface area (Å²) in [5.41, 5.74) is 5.45. The second-order valence-corrected chi connectivity index (χ2v) is 9.71. The standard InChI is InChI=1S/C26H23N3O5/c1-13-12-24(13,2)14-9-10-15-19(11-14)34-26(33)16-5-3-6-17(27)21(16)22(31)25(15,26)29-23(32)18-7-4-8-20(30)28-18/h3-11,13,33H,12,27H2,1-2H3,(H,28,30)(H,29,32)/t13-,24+,25-,26-/m1/s1. The van der Waals surface area contributed by atoms with Gasteiger partial charge in [0, 0.05) is 22.9 Å². The van der Waals surface area contributed by atoms with E-state index in [1.54, 1.807) is 24.3 Å². The first-order valence-electron chi connectivity index (χ1n) is 11.1. The van der Waals surface area contributed by atoms with Crippen molar-refractivity contribution in [1.29, 1.82) is 0 Å². The van der Waals surface area contributed by atoms with Gasteiger partial charge in [0.2, 0.25) is 16.9 Å². The Morgan fingerprint density at radius 1 is 1.15 bits per heavy atom. The van der Waals surface area contributed by atoms with Gasteiger partial charge in [-0.2, -0.15) is 0 Å². The number of carbonyl (C=O) groups is 2. The highest BCUT2D eigenvalue weighted by Gasteiger charge is 2.72. The van der Waals surface area contributed by atoms with E-state index in [2.05, 4.69) is 24.1 Å². The molecule has 0 saturated heterocycles. The second-order valence-electron chi connectivity index (χ2n) is 9.71. The molecule has 8 nitrogen and oxygen atoms in total. The molecular weight excluding hydrogens is 434 g/mol. The van der Waals surface area contributed by atoms with Crippen molar-refractivity contribution in [2.45, 2.75) is 37.0 Å². The van der Waals surface area contributed by atoms with Gasteiger partial charge in [0.15, 0.2) is 0 Å². The molecule has 0 bridgehead atoms. The molecule has 1 aromatic heterocycles. The molecule has 6 rings (SSSR count). The minimum absolute atomic E-state index is 0.00894. The van der Waals surface area contributed by atoms with Crippen LogP contribution in [0.15, 0.2) is 59.4 Å². The second kappa shape index (κ2) is 6.36. The lowest BCUT2D eigenvalue weighted by Gasteiger charge is -2.34. The number of hydrogen-bond acceptors (Lipinski definition) is 6. The highest BCUT2D eigenvalue weighted by molar-refractivity contribution is 6.15. The van der Waals surface area contributed by atoms with Gasteiger partial charge < -0.3 is 25.9 Å². The van der Waals surface area contributed by atoms with E-state index in [-0.39, 0.29) is 27.9 Å². The van der Waals surface area contributed by atoms with Crippen LogP contribution in [0, 0.1) is 5.92 Å². The number of Topliss-reactive ketones (excluding diaryl/α,β-unsaturated/α-hetero) is 1. The Labute approximate surface area is 194 Å². The van der Waals surface area contributed by atoms with Crippen molar-refractivity contribution in [1.82, 2.24) is 10.3 Å². The molecule has 8 heteroatoms. The summed E-state index contributed by atoms with van der Waals surface area (Å²) in [6, 6.07) is 14.4. The molecular formula is C26H23N3O5. The summed E-state index contributed by atoms with van der Waals surface area (Å²) in [5.74, 6) is -2.70. The molecule has 34 heavy (non-hydrogen) atoms. The van der Waals surface area contributed by atoms with Crippen LogP contribution in [-0.4, -0.2) is 21.8 Å². The van der Waals surface area contributed by atoms with Crippen LogP contribution in [0.5, 0.6) is 5.75 Å². The number of pyridine rings is 1. The van der Waals surface area contributed by atoms with Gasteiger partial charge in [-0.15, -0.1) is 0 Å². The highest BCUT2D eigenvalue weighted by atomic mass is 16.6. The van der Waals surface area contributed by atoms with E-state index in [0.717, 1.165) is 12.0 Å². The lowest BCUT2D eigenvalue weighted by Crippen LogP contribution is -2.60. The maximum atomic E-state index is 14.0. The lowest BCUT2D eigenvalue weighted by molar-refractivity contribution is -0.169. The summed E-state index contributed by atoms with van der Waals surface area (Å²) in [5, 5.41) is 14.7. The zero-order chi connectivity index (χ0) is 24.0. The van der Waals surface area contributed by atoms with Crippen molar-refractivity contribution in [3.8, 4) is 5.75 Å². The summed E-state index contributed by atoms with van der Waals surface area (Å²) in [6.45, 7) is 4.33. The van der Waals surface area contributed by atoms with E-state index in [1.165, 1.54) is 18.2 Å². The minimum Gasteiger partial charge on any atom is -0.454 e. The van der Waals surface area contributed by atoms with E-state index < -0.39 is 28.6 Å². The van der Waals surface area contributed by atoms with E-state index in [4.69, 9.17) is 10.5 Å². The Bertz CT molecular complexity index is 1480. The summed E-state index contributed by atoms with van der Waals surface area (Å²) in [7, 11) is 0. The average Bonchev–Trinajstić information content (AvgIpc) is 3.27. The number of anilines is 1. The largest absolute Gasteiger partial charge is 0.454 e. The molecule has 4 atom stereocenters. The number of hydrogen-bond donors (Lipinski definition) is 4. The van der Waals surface area contributed by atoms with Gasteiger partial charge in [-0.25, -0.2) is 0 Å². The number of ketones is 1. The Kier molecular flexibility index (Phi) is 3.87. The van der Waals surface area contributed by atoms with Crippen LogP contribution in [0.2, 0.25) is 0 Å². The molecule has 0 unspecified atom stereocenters. The van der Waals surface area contributed by atoms with Crippen molar-refractivity contribution < 1.29 is 19.4 Å². The van der Waals surface area contributed by atoms with Crippen LogP contribution in [0.4, 0.5) is 5.69 Å². The van der Waals surface area contributed by atoms with E-state index in [1.807, 2.05) is 12.1 Å². The topological polar surface area (TPSA) is 135 Å². The van der Waals surface area contributed by atoms with Gasteiger partial charge in [0.05, 0.1) is 5.56 Å². The molecule has 0 radical (unpaired) electrons. The fraction of sp³-hybridized carbons (Fsp3) is 0.269. The number of amides is 1. The predicted octanol–water partition coefficient (Wildman–Crippen LogP) is 2.31. The molecule has 3 aromatic rings. The van der Waals surface area contributed by atoms with Crippen molar-refractivity contribution in [3.63, 3.8) is 0 Å². The number of ether oxygens (including phenoxy) is 1. The van der Waals surface area contributed by atoms with Crippen molar-refractivity contribution in [2.75, 3.05) is 5.73 Å². The third-order valence-corrected chi connectivity index (χ3v) is 7.81. The smallest absolute Gasteiger partial charge is 0.271 e. The summed E-state index contributed by atoms with van der Waals surface area (Å²) < 4.78 is 6.13. The zero-order valence-corrected chi connectivity index (χ0v) is 18.6. The van der Waals surface area contributed by atoms with E-state index >= 15 is 0 Å². The third kappa shape index (κ3) is 2.38. The summed E-state index contributed by atoms with van der Waals surface area (Å²) in [4.78, 5) is 41.5. The molecule has 5 N–H and O–H groups in total. The van der Waals surface area contributed by atoms with E-state index in [9.17, 15) is 19.5 Å². The molecule has 2 aromatic carbocycles. The number of rotatable bonds is 3. The number of H-pyrrole nitrogens is 1. The highest BCUT2D eigenvalue weighted by Crippen LogP contribution is 2.61. The van der Waals surface area contributed by atoms with Crippen LogP contribution in [0.1, 0.15) is 57.8 Å². The molecule has 2 heterocycles. The van der Waals surface area contributed by atoms with Gasteiger partial charge in [-0.05, 0) is 41.5 Å². The van der Waals surface area contributed by atoms with Gasteiger partial charge in [0.1, 0.15) is 11.4 Å². The monoisotopic (exact) mass is 457 g/mol. The van der Waals surface area contributed by atoms with Crippen molar-refractivity contribution >= 4 is 17.4 Å². The van der Waals surface area contributed by atoms with Crippen molar-refractivity contribution in [3.05, 3.63) is 92.9 Å². The van der Waals surface area contributed by atoms with Crippen LogP contribution >= 0.6 is 0 Å². The molecule has 172 valence electrons. The Morgan fingerprint density at radius 2 is 1.88 bits per heavy atom. The zero-order valence-electron chi connectivity index (χ0n) is 18.6. The van der Waals surface area contributed by atoms with Crippen LogP contribution in [0.25, 0.3) is 0 Å². The van der Waals surface area contributed by atoms with Gasteiger partial charge in [0.25, 0.3) is 11.7 Å². The number of aromatic nitrogens is 1. The number of aromatic amines is 1. The predicted molar refractivity (Wildman–Crippen MR) is 123 cm³/mol. The van der Waals surface area contributed by atoms with Crippen LogP contribution in [-0.2, 0) is 16.7 Å². The normalized spacial score (nSPS) is 30.2. The lowest BCUT2D eigenvalue weighted by atomic mass is 9.81. The molecule has 3 aliphatic rings. The summed E-state index contributed by atoms with van der Waals surface area (Å²) >= 11 is 0. The molecule has 1 amide bonds. The third-order valence-electron chi connectivity index (χ3n) is 7.81. The number of benzene rings is 2. The molecule has 0 spiro atoms. The minimum atomic E-state index is -2.21. The first kappa shape index (κ1) is 20.7. The van der Waals surface area contributed by atoms with Gasteiger partial charge >= 0.3 is 0 Å². The first-order valence-corrected chi connectivity index (χ1v) is 11.1. The number of nitrogens with one attached hydrogen (secondary N) is 2. The van der Waals surface area contributed by atoms with E-state index in [0.29, 0.717) is 17.2 Å². The molecule has 1 fully saturated rings. The fourth-order valence-electron chi connectivity index (χ4n) is 5.52. The number of carbonyl (C=O) groups excluding carboxylic acids is 2. The number of aliphatic hydroxyl groups is 1. The fourth-order valence-corrected chi connectivity index (χ4v) is 5.52. The Balaban J connectivity index is 1.55. The maximum absolute atomic E-state index is 14.0. The summed E-state index contributed by atoms with van der Waals surface area (Å²) in [6.07, 6.45) is 1.03. The number of fused-ring (bicyclic) bond motifs is 5.